The van der Waals surface area contributed by atoms with Crippen molar-refractivity contribution in [2.45, 2.75) is 54.7 Å². The zero-order chi connectivity index (χ0) is 18.4. The van der Waals surface area contributed by atoms with Gasteiger partial charge in [-0.05, 0) is 80.0 Å². The van der Waals surface area contributed by atoms with E-state index in [1.807, 2.05) is 18.2 Å². The van der Waals surface area contributed by atoms with Crippen LogP contribution in [0.5, 0.6) is 0 Å². The highest BCUT2D eigenvalue weighted by atomic mass is 35.5. The van der Waals surface area contributed by atoms with Gasteiger partial charge in [-0.3, -0.25) is 0 Å². The van der Waals surface area contributed by atoms with E-state index in [1.165, 1.54) is 44.2 Å². The Balaban J connectivity index is 1.42. The van der Waals surface area contributed by atoms with Crippen LogP contribution in [0.1, 0.15) is 55.3 Å². The van der Waals surface area contributed by atoms with Crippen LogP contribution in [0.3, 0.4) is 0 Å². The summed E-state index contributed by atoms with van der Waals surface area (Å²) in [5.74, 6) is 3.43. The molecule has 4 aliphatic rings. The molecule has 0 saturated heterocycles. The fourth-order valence-electron chi connectivity index (χ4n) is 6.00. The van der Waals surface area contributed by atoms with Gasteiger partial charge in [0.05, 0.1) is 5.56 Å². The maximum absolute atomic E-state index is 9.54. The van der Waals surface area contributed by atoms with E-state index >= 15 is 0 Å². The summed E-state index contributed by atoms with van der Waals surface area (Å²) in [6, 6.07) is 10.2. The Morgan fingerprint density at radius 3 is 2.37 bits per heavy atom. The van der Waals surface area contributed by atoms with Gasteiger partial charge in [0.25, 0.3) is 0 Å². The zero-order valence-electron chi connectivity index (χ0n) is 15.2. The van der Waals surface area contributed by atoms with Crippen LogP contribution >= 0.6 is 23.4 Å². The van der Waals surface area contributed by atoms with Gasteiger partial charge in [-0.25, -0.2) is 9.97 Å². The normalized spacial score (nSPS) is 31.0. The smallest absolute Gasteiger partial charge is 0.129 e. The third-order valence-corrected chi connectivity index (χ3v) is 8.01. The number of rotatable bonds is 4. The summed E-state index contributed by atoms with van der Waals surface area (Å²) in [5.41, 5.74) is 3.27. The van der Waals surface area contributed by atoms with Crippen molar-refractivity contribution in [2.75, 3.05) is 0 Å². The number of nitriles is 1. The predicted octanol–water partition coefficient (Wildman–Crippen LogP) is 5.76. The second-order valence-electron chi connectivity index (χ2n) is 8.64. The van der Waals surface area contributed by atoms with Crippen molar-refractivity contribution in [3.8, 4) is 6.07 Å². The van der Waals surface area contributed by atoms with E-state index in [9.17, 15) is 5.26 Å². The molecule has 2 heterocycles. The number of halogens is 1. The fraction of sp³-hybridized carbons (Fsp3) is 0.500. The second kappa shape index (κ2) is 6.79. The molecule has 0 aromatic carbocycles. The second-order valence-corrected chi connectivity index (χ2v) is 9.99. The third kappa shape index (κ3) is 3.26. The van der Waals surface area contributed by atoms with Gasteiger partial charge >= 0.3 is 0 Å². The van der Waals surface area contributed by atoms with E-state index in [-0.39, 0.29) is 5.41 Å². The van der Waals surface area contributed by atoms with Crippen molar-refractivity contribution in [1.82, 2.24) is 9.97 Å². The molecule has 0 aliphatic heterocycles. The van der Waals surface area contributed by atoms with Crippen molar-refractivity contribution < 1.29 is 0 Å². The molecule has 138 valence electrons. The molecule has 2 aromatic rings. The first kappa shape index (κ1) is 17.5. The van der Waals surface area contributed by atoms with Crippen molar-refractivity contribution in [1.29, 1.82) is 5.26 Å². The standard InChI is InChI=1S/C22H22ClN3S/c23-20-4-1-14(12-25-20)13-27-21-18(11-24)2-3-19(26-21)22-8-15-5-16(9-22)7-17(6-15)10-22/h1-4,12,15-17H,5-10,13H2. The third-order valence-electron chi connectivity index (χ3n) is 6.73. The van der Waals surface area contributed by atoms with Gasteiger partial charge in [0.2, 0.25) is 0 Å². The summed E-state index contributed by atoms with van der Waals surface area (Å²) < 4.78 is 0. The highest BCUT2D eigenvalue weighted by Crippen LogP contribution is 2.60. The van der Waals surface area contributed by atoms with E-state index in [0.717, 1.165) is 34.1 Å². The van der Waals surface area contributed by atoms with Crippen LogP contribution in [0, 0.1) is 29.1 Å². The number of aromatic nitrogens is 2. The molecule has 4 fully saturated rings. The molecule has 2 aromatic heterocycles. The lowest BCUT2D eigenvalue weighted by atomic mass is 9.49. The van der Waals surface area contributed by atoms with Gasteiger partial charge in [0.1, 0.15) is 16.2 Å². The molecule has 27 heavy (non-hydrogen) atoms. The maximum atomic E-state index is 9.54. The van der Waals surface area contributed by atoms with E-state index in [1.54, 1.807) is 18.0 Å². The Kier molecular flexibility index (Phi) is 4.41. The average molecular weight is 396 g/mol. The minimum Gasteiger partial charge on any atom is -0.245 e. The van der Waals surface area contributed by atoms with E-state index in [0.29, 0.717) is 10.7 Å². The van der Waals surface area contributed by atoms with Crippen LogP contribution in [0.4, 0.5) is 0 Å². The minimum absolute atomic E-state index is 0.264. The topological polar surface area (TPSA) is 49.6 Å². The summed E-state index contributed by atoms with van der Waals surface area (Å²) in [6.07, 6.45) is 9.97. The summed E-state index contributed by atoms with van der Waals surface area (Å²) >= 11 is 7.51. The summed E-state index contributed by atoms with van der Waals surface area (Å²) in [5, 5.41) is 10.9. The van der Waals surface area contributed by atoms with Gasteiger partial charge in [0.15, 0.2) is 0 Å². The van der Waals surface area contributed by atoms with Crippen molar-refractivity contribution >= 4 is 23.4 Å². The van der Waals surface area contributed by atoms with Crippen LogP contribution in [-0.4, -0.2) is 9.97 Å². The molecular weight excluding hydrogens is 374 g/mol. The number of hydrogen-bond donors (Lipinski definition) is 0. The first-order chi connectivity index (χ1) is 13.1. The van der Waals surface area contributed by atoms with Crippen LogP contribution in [-0.2, 0) is 11.2 Å². The lowest BCUT2D eigenvalue weighted by Crippen LogP contribution is -2.49. The van der Waals surface area contributed by atoms with Gasteiger partial charge < -0.3 is 0 Å². The quantitative estimate of drug-likeness (QED) is 0.487. The average Bonchev–Trinajstić information content (AvgIpc) is 2.66. The van der Waals surface area contributed by atoms with Crippen LogP contribution in [0.2, 0.25) is 5.15 Å². The molecule has 4 saturated carbocycles. The van der Waals surface area contributed by atoms with E-state index in [2.05, 4.69) is 17.1 Å². The molecule has 6 rings (SSSR count). The Morgan fingerprint density at radius 1 is 1.07 bits per heavy atom. The summed E-state index contributed by atoms with van der Waals surface area (Å²) in [6.45, 7) is 0. The molecular formula is C22H22ClN3S. The van der Waals surface area contributed by atoms with Gasteiger partial charge in [-0.15, -0.1) is 11.8 Å². The monoisotopic (exact) mass is 395 g/mol. The van der Waals surface area contributed by atoms with Crippen LogP contribution in [0.15, 0.2) is 35.5 Å². The number of thioether (sulfide) groups is 1. The molecule has 0 N–H and O–H groups in total. The molecule has 0 unspecified atom stereocenters. The van der Waals surface area contributed by atoms with Crippen LogP contribution < -0.4 is 0 Å². The predicted molar refractivity (Wildman–Crippen MR) is 108 cm³/mol. The largest absolute Gasteiger partial charge is 0.245 e. The molecule has 0 amide bonds. The first-order valence-electron chi connectivity index (χ1n) is 9.78. The highest BCUT2D eigenvalue weighted by Gasteiger charge is 2.52. The van der Waals surface area contributed by atoms with Crippen LogP contribution in [0.25, 0.3) is 0 Å². The van der Waals surface area contributed by atoms with Crippen molar-refractivity contribution in [3.63, 3.8) is 0 Å². The molecule has 4 aliphatic carbocycles. The van der Waals surface area contributed by atoms with Gasteiger partial charge in [0, 0.05) is 23.1 Å². The lowest BCUT2D eigenvalue weighted by molar-refractivity contribution is -0.00744. The van der Waals surface area contributed by atoms with Crippen molar-refractivity contribution in [2.24, 2.45) is 17.8 Å². The summed E-state index contributed by atoms with van der Waals surface area (Å²) in [4.78, 5) is 9.21. The number of nitrogens with zero attached hydrogens (tertiary/aromatic N) is 3. The van der Waals surface area contributed by atoms with Gasteiger partial charge in [-0.2, -0.15) is 5.26 Å². The maximum Gasteiger partial charge on any atom is 0.129 e. The Morgan fingerprint density at radius 2 is 1.78 bits per heavy atom. The first-order valence-corrected chi connectivity index (χ1v) is 11.1. The lowest BCUT2D eigenvalue weighted by Gasteiger charge is -2.56. The SMILES string of the molecule is N#Cc1ccc(C23CC4CC(CC(C4)C2)C3)nc1SCc1ccc(Cl)nc1. The molecule has 5 heteroatoms. The molecule has 0 spiro atoms. The summed E-state index contributed by atoms with van der Waals surface area (Å²) in [7, 11) is 0. The van der Waals surface area contributed by atoms with Gasteiger partial charge in [-0.1, -0.05) is 17.7 Å². The Labute approximate surface area is 169 Å². The number of pyridine rings is 2. The number of hydrogen-bond acceptors (Lipinski definition) is 4. The van der Waals surface area contributed by atoms with E-state index in [4.69, 9.17) is 16.6 Å². The molecule has 3 nitrogen and oxygen atoms in total. The molecule has 0 radical (unpaired) electrons. The molecule has 4 bridgehead atoms. The Bertz CT molecular complexity index is 867. The minimum atomic E-state index is 0.264. The molecule has 0 atom stereocenters. The van der Waals surface area contributed by atoms with E-state index < -0.39 is 0 Å². The highest BCUT2D eigenvalue weighted by molar-refractivity contribution is 7.98. The zero-order valence-corrected chi connectivity index (χ0v) is 16.8. The van der Waals surface area contributed by atoms with Crippen molar-refractivity contribution in [3.05, 3.63) is 52.4 Å². The fourth-order valence-corrected chi connectivity index (χ4v) is 7.02. The Hall–Kier alpha value is -1.57.